The third kappa shape index (κ3) is 3.64. The Kier molecular flexibility index (Phi) is 5.11. The van der Waals surface area contributed by atoms with Gasteiger partial charge in [-0.25, -0.2) is 14.6 Å². The van der Waals surface area contributed by atoms with Gasteiger partial charge in [-0.1, -0.05) is 32.0 Å². The summed E-state index contributed by atoms with van der Waals surface area (Å²) in [7, 11) is 0. The maximum Gasteiger partial charge on any atom is 0.270 e. The second kappa shape index (κ2) is 7.47. The summed E-state index contributed by atoms with van der Waals surface area (Å²) in [6.45, 7) is 7.95. The molecule has 0 spiro atoms. The molecular weight excluding hydrogens is 326 g/mol. The molecule has 1 amide bonds. The summed E-state index contributed by atoms with van der Waals surface area (Å²) in [5.41, 5.74) is 3.34. The van der Waals surface area contributed by atoms with Gasteiger partial charge in [0, 0.05) is 23.4 Å². The fourth-order valence-electron chi connectivity index (χ4n) is 2.80. The van der Waals surface area contributed by atoms with Gasteiger partial charge in [0.25, 0.3) is 5.91 Å². The molecule has 0 saturated heterocycles. The van der Waals surface area contributed by atoms with E-state index in [9.17, 15) is 4.79 Å². The second-order valence-corrected chi connectivity index (χ2v) is 6.58. The van der Waals surface area contributed by atoms with E-state index in [-0.39, 0.29) is 17.9 Å². The molecule has 0 radical (unpaired) electrons. The predicted molar refractivity (Wildman–Crippen MR) is 100 cm³/mol. The number of carbonyl (C=O) groups excluding carboxylic acids is 1. The highest BCUT2D eigenvalue weighted by Crippen LogP contribution is 2.20. The summed E-state index contributed by atoms with van der Waals surface area (Å²) in [5.74, 6) is 0.624. The van der Waals surface area contributed by atoms with E-state index in [0.29, 0.717) is 11.5 Å². The predicted octanol–water partition coefficient (Wildman–Crippen LogP) is 3.59. The maximum absolute atomic E-state index is 12.6. The van der Waals surface area contributed by atoms with Crippen LogP contribution in [0.1, 0.15) is 60.3 Å². The van der Waals surface area contributed by atoms with Crippen LogP contribution in [0, 0.1) is 6.92 Å². The topological polar surface area (TPSA) is 72.7 Å². The van der Waals surface area contributed by atoms with Crippen LogP contribution in [0.25, 0.3) is 5.69 Å². The lowest BCUT2D eigenvalue weighted by atomic mass is 10.1. The summed E-state index contributed by atoms with van der Waals surface area (Å²) >= 11 is 0. The lowest BCUT2D eigenvalue weighted by Gasteiger charge is -2.14. The minimum Gasteiger partial charge on any atom is -0.344 e. The zero-order chi connectivity index (χ0) is 18.7. The number of para-hydroxylation sites is 1. The normalized spacial score (nSPS) is 12.2. The van der Waals surface area contributed by atoms with Gasteiger partial charge in [0.05, 0.1) is 17.9 Å². The van der Waals surface area contributed by atoms with Crippen LogP contribution in [0.15, 0.2) is 48.8 Å². The summed E-state index contributed by atoms with van der Waals surface area (Å²) in [5, 5.41) is 7.47. The van der Waals surface area contributed by atoms with Gasteiger partial charge in [-0.15, -0.1) is 0 Å². The summed E-state index contributed by atoms with van der Waals surface area (Å²) in [6, 6.07) is 11.4. The lowest BCUT2D eigenvalue weighted by molar-refractivity contribution is 0.0934. The molecule has 3 aromatic rings. The zero-order valence-electron chi connectivity index (χ0n) is 15.5. The van der Waals surface area contributed by atoms with E-state index in [1.54, 1.807) is 18.5 Å². The molecule has 26 heavy (non-hydrogen) atoms. The molecule has 3 rings (SSSR count). The number of nitrogens with one attached hydrogen (secondary N) is 1. The number of hydrogen-bond donors (Lipinski definition) is 1. The first kappa shape index (κ1) is 17.8. The van der Waals surface area contributed by atoms with Crippen molar-refractivity contribution in [3.63, 3.8) is 0 Å². The molecule has 0 bridgehead atoms. The Labute approximate surface area is 153 Å². The standard InChI is InChI=1S/C20H23N5O/c1-13(2)19-21-11-10-18(24-19)20(26)23-14(3)17-12-22-25(15(17)4)16-8-6-5-7-9-16/h5-14H,1-4H3,(H,23,26)/t14-/m1/s1. The van der Waals surface area contributed by atoms with E-state index < -0.39 is 0 Å². The quantitative estimate of drug-likeness (QED) is 0.764. The number of aromatic nitrogens is 4. The molecule has 6 nitrogen and oxygen atoms in total. The molecule has 2 aromatic heterocycles. The van der Waals surface area contributed by atoms with E-state index in [1.807, 2.05) is 62.7 Å². The molecular formula is C20H23N5O. The van der Waals surface area contributed by atoms with Crippen LogP contribution in [0.2, 0.25) is 0 Å². The van der Waals surface area contributed by atoms with Gasteiger partial charge in [-0.2, -0.15) is 5.10 Å². The van der Waals surface area contributed by atoms with Crippen molar-refractivity contribution in [3.05, 3.63) is 71.6 Å². The van der Waals surface area contributed by atoms with E-state index in [2.05, 4.69) is 20.4 Å². The van der Waals surface area contributed by atoms with Crippen LogP contribution in [-0.4, -0.2) is 25.7 Å². The Balaban J connectivity index is 1.78. The third-order valence-corrected chi connectivity index (χ3v) is 4.29. The highest BCUT2D eigenvalue weighted by molar-refractivity contribution is 5.92. The van der Waals surface area contributed by atoms with Crippen LogP contribution in [0.3, 0.4) is 0 Å². The van der Waals surface area contributed by atoms with Crippen molar-refractivity contribution < 1.29 is 4.79 Å². The van der Waals surface area contributed by atoms with E-state index in [4.69, 9.17) is 0 Å². The highest BCUT2D eigenvalue weighted by Gasteiger charge is 2.18. The highest BCUT2D eigenvalue weighted by atomic mass is 16.1. The molecule has 0 aliphatic heterocycles. The summed E-state index contributed by atoms with van der Waals surface area (Å²) in [4.78, 5) is 21.1. The number of amides is 1. The monoisotopic (exact) mass is 349 g/mol. The Hall–Kier alpha value is -3.02. The fraction of sp³-hybridized carbons (Fsp3) is 0.300. The minimum absolute atomic E-state index is 0.173. The smallest absolute Gasteiger partial charge is 0.270 e. The van der Waals surface area contributed by atoms with Crippen LogP contribution < -0.4 is 5.32 Å². The van der Waals surface area contributed by atoms with Crippen molar-refractivity contribution >= 4 is 5.91 Å². The van der Waals surface area contributed by atoms with Gasteiger partial charge in [0.15, 0.2) is 0 Å². The molecule has 6 heteroatoms. The molecule has 0 aliphatic carbocycles. The van der Waals surface area contributed by atoms with Crippen molar-refractivity contribution in [1.29, 1.82) is 0 Å². The Morgan fingerprint density at radius 2 is 1.85 bits per heavy atom. The van der Waals surface area contributed by atoms with Crippen molar-refractivity contribution in [1.82, 2.24) is 25.1 Å². The fourth-order valence-corrected chi connectivity index (χ4v) is 2.80. The molecule has 0 fully saturated rings. The first-order chi connectivity index (χ1) is 12.5. The van der Waals surface area contributed by atoms with Gasteiger partial charge in [0.2, 0.25) is 0 Å². The van der Waals surface area contributed by atoms with Gasteiger partial charge < -0.3 is 5.32 Å². The molecule has 0 aliphatic rings. The molecule has 1 atom stereocenters. The van der Waals surface area contributed by atoms with Gasteiger partial charge >= 0.3 is 0 Å². The minimum atomic E-state index is -0.214. The molecule has 0 saturated carbocycles. The van der Waals surface area contributed by atoms with Crippen LogP contribution >= 0.6 is 0 Å². The van der Waals surface area contributed by atoms with E-state index >= 15 is 0 Å². The molecule has 134 valence electrons. The van der Waals surface area contributed by atoms with Gasteiger partial charge in [-0.05, 0) is 32.0 Å². The first-order valence-corrected chi connectivity index (χ1v) is 8.71. The number of benzene rings is 1. The van der Waals surface area contributed by atoms with Gasteiger partial charge in [-0.3, -0.25) is 4.79 Å². The maximum atomic E-state index is 12.6. The third-order valence-electron chi connectivity index (χ3n) is 4.29. The van der Waals surface area contributed by atoms with E-state index in [1.165, 1.54) is 0 Å². The summed E-state index contributed by atoms with van der Waals surface area (Å²) < 4.78 is 1.87. The second-order valence-electron chi connectivity index (χ2n) is 6.58. The number of hydrogen-bond acceptors (Lipinski definition) is 4. The van der Waals surface area contributed by atoms with Crippen LogP contribution in [0.5, 0.6) is 0 Å². The number of nitrogens with zero attached hydrogens (tertiary/aromatic N) is 4. The Bertz CT molecular complexity index is 902. The molecule has 1 N–H and O–H groups in total. The average Bonchev–Trinajstić information content (AvgIpc) is 3.04. The number of rotatable bonds is 5. The largest absolute Gasteiger partial charge is 0.344 e. The SMILES string of the molecule is Cc1c([C@@H](C)NC(=O)c2ccnc(C(C)C)n2)cnn1-c1ccccc1. The van der Waals surface area contributed by atoms with Crippen molar-refractivity contribution in [2.45, 2.75) is 39.7 Å². The van der Waals surface area contributed by atoms with Crippen LogP contribution in [0.4, 0.5) is 0 Å². The lowest BCUT2D eigenvalue weighted by Crippen LogP contribution is -2.28. The van der Waals surface area contributed by atoms with Crippen molar-refractivity contribution in [2.75, 3.05) is 0 Å². The Morgan fingerprint density at radius 1 is 1.12 bits per heavy atom. The Morgan fingerprint density at radius 3 is 2.54 bits per heavy atom. The first-order valence-electron chi connectivity index (χ1n) is 8.71. The average molecular weight is 349 g/mol. The van der Waals surface area contributed by atoms with Crippen molar-refractivity contribution in [2.24, 2.45) is 0 Å². The summed E-state index contributed by atoms with van der Waals surface area (Å²) in [6.07, 6.45) is 3.42. The molecule has 1 aromatic carbocycles. The molecule has 2 heterocycles. The number of carbonyl (C=O) groups is 1. The van der Waals surface area contributed by atoms with Gasteiger partial charge in [0.1, 0.15) is 11.5 Å². The van der Waals surface area contributed by atoms with Crippen molar-refractivity contribution in [3.8, 4) is 5.69 Å². The molecule has 0 unspecified atom stereocenters. The van der Waals surface area contributed by atoms with E-state index in [0.717, 1.165) is 16.9 Å². The van der Waals surface area contributed by atoms with Crippen LogP contribution in [-0.2, 0) is 0 Å². The zero-order valence-corrected chi connectivity index (χ0v) is 15.5.